The summed E-state index contributed by atoms with van der Waals surface area (Å²) in [6.45, 7) is 0.0445. The lowest BCUT2D eigenvalue weighted by Gasteiger charge is -2.24. The summed E-state index contributed by atoms with van der Waals surface area (Å²) in [5.41, 5.74) is -0.0778. The Labute approximate surface area is 125 Å². The maximum absolute atomic E-state index is 12.0. The summed E-state index contributed by atoms with van der Waals surface area (Å²) in [5, 5.41) is 10.6. The minimum Gasteiger partial charge on any atom is -0.485 e. The van der Waals surface area contributed by atoms with Crippen molar-refractivity contribution in [2.75, 3.05) is 6.61 Å². The third-order valence-electron chi connectivity index (χ3n) is 3.04. The summed E-state index contributed by atoms with van der Waals surface area (Å²) in [5.74, 6) is 0.628. The maximum Gasteiger partial charge on any atom is 0.356 e. The van der Waals surface area contributed by atoms with Crippen molar-refractivity contribution in [2.24, 2.45) is 0 Å². The smallest absolute Gasteiger partial charge is 0.356 e. The van der Waals surface area contributed by atoms with Crippen molar-refractivity contribution in [3.63, 3.8) is 0 Å². The number of non-ortho nitro benzene ring substituents is 1. The van der Waals surface area contributed by atoms with Gasteiger partial charge in [0.15, 0.2) is 11.5 Å². The molecule has 1 aliphatic rings. The van der Waals surface area contributed by atoms with Crippen LogP contribution in [-0.4, -0.2) is 23.6 Å². The first-order valence-corrected chi connectivity index (χ1v) is 6.48. The van der Waals surface area contributed by atoms with Crippen LogP contribution in [0.25, 0.3) is 0 Å². The number of carbonyl (C=O) groups is 1. The van der Waals surface area contributed by atoms with E-state index in [1.54, 1.807) is 24.3 Å². The second kappa shape index (κ2) is 5.72. The molecule has 0 saturated heterocycles. The molecule has 1 aliphatic heterocycles. The van der Waals surface area contributed by atoms with Crippen LogP contribution >= 0.6 is 0 Å². The van der Waals surface area contributed by atoms with Gasteiger partial charge in [-0.1, -0.05) is 12.1 Å². The predicted molar refractivity (Wildman–Crippen MR) is 75.1 cm³/mol. The van der Waals surface area contributed by atoms with Gasteiger partial charge in [-0.3, -0.25) is 10.1 Å². The van der Waals surface area contributed by atoms with Crippen molar-refractivity contribution in [2.45, 2.75) is 6.10 Å². The lowest BCUT2D eigenvalue weighted by atomic mass is 10.2. The van der Waals surface area contributed by atoms with Crippen molar-refractivity contribution in [3.05, 3.63) is 58.6 Å². The number of nitro groups is 1. The molecule has 2 aromatic carbocycles. The van der Waals surface area contributed by atoms with Gasteiger partial charge >= 0.3 is 5.97 Å². The van der Waals surface area contributed by atoms with E-state index in [1.807, 2.05) is 0 Å². The van der Waals surface area contributed by atoms with Gasteiger partial charge in [-0.15, -0.1) is 0 Å². The summed E-state index contributed by atoms with van der Waals surface area (Å²) in [6.07, 6.45) is -0.884. The van der Waals surface area contributed by atoms with Gasteiger partial charge < -0.3 is 14.2 Å². The van der Waals surface area contributed by atoms with Gasteiger partial charge in [0.25, 0.3) is 5.69 Å². The molecule has 0 unspecified atom stereocenters. The molecule has 0 bridgehead atoms. The largest absolute Gasteiger partial charge is 0.485 e. The molecule has 22 heavy (non-hydrogen) atoms. The van der Waals surface area contributed by atoms with Crippen molar-refractivity contribution in [3.8, 4) is 17.2 Å². The summed E-state index contributed by atoms with van der Waals surface area (Å²) < 4.78 is 16.1. The van der Waals surface area contributed by atoms with Crippen LogP contribution in [0.4, 0.5) is 5.69 Å². The average molecular weight is 301 g/mol. The fraction of sp³-hybridized carbons (Fsp3) is 0.133. The first-order valence-electron chi connectivity index (χ1n) is 6.48. The first kappa shape index (κ1) is 13.9. The third-order valence-corrected chi connectivity index (χ3v) is 3.04. The van der Waals surface area contributed by atoms with Crippen LogP contribution < -0.4 is 14.2 Å². The number of hydrogen-bond acceptors (Lipinski definition) is 6. The van der Waals surface area contributed by atoms with E-state index in [0.717, 1.165) is 0 Å². The average Bonchev–Trinajstić information content (AvgIpc) is 2.55. The molecule has 1 heterocycles. The molecule has 0 spiro atoms. The lowest BCUT2D eigenvalue weighted by Crippen LogP contribution is -2.39. The molecule has 1 atom stereocenters. The Morgan fingerprint density at radius 2 is 1.82 bits per heavy atom. The standard InChI is InChI=1S/C15H11NO6/c17-15(21-11-7-5-10(6-8-11)16(18)19)14-9-20-12-3-1-2-4-13(12)22-14/h1-8,14H,9H2/t14-/m1/s1. The molecular formula is C15H11NO6. The highest BCUT2D eigenvalue weighted by atomic mass is 16.6. The molecule has 0 aliphatic carbocycles. The summed E-state index contributed by atoms with van der Waals surface area (Å²) in [6, 6.07) is 12.2. The Balaban J connectivity index is 1.66. The topological polar surface area (TPSA) is 87.9 Å². The van der Waals surface area contributed by atoms with E-state index in [4.69, 9.17) is 14.2 Å². The number of nitro benzene ring substituents is 1. The van der Waals surface area contributed by atoms with Crippen LogP contribution in [-0.2, 0) is 4.79 Å². The minimum atomic E-state index is -0.884. The van der Waals surface area contributed by atoms with E-state index >= 15 is 0 Å². The minimum absolute atomic E-state index is 0.0445. The number of ether oxygens (including phenoxy) is 3. The van der Waals surface area contributed by atoms with Gasteiger partial charge in [-0.2, -0.15) is 0 Å². The lowest BCUT2D eigenvalue weighted by molar-refractivity contribution is -0.384. The third kappa shape index (κ3) is 2.83. The van der Waals surface area contributed by atoms with E-state index < -0.39 is 17.0 Å². The van der Waals surface area contributed by atoms with E-state index in [9.17, 15) is 14.9 Å². The van der Waals surface area contributed by atoms with Crippen molar-refractivity contribution < 1.29 is 23.9 Å². The zero-order chi connectivity index (χ0) is 15.5. The number of para-hydroxylation sites is 2. The Morgan fingerprint density at radius 1 is 1.14 bits per heavy atom. The maximum atomic E-state index is 12.0. The molecule has 0 saturated carbocycles. The molecule has 3 rings (SSSR count). The number of rotatable bonds is 3. The van der Waals surface area contributed by atoms with Gasteiger partial charge in [-0.05, 0) is 24.3 Å². The quantitative estimate of drug-likeness (QED) is 0.374. The molecule has 2 aromatic rings. The first-order chi connectivity index (χ1) is 10.6. The summed E-state index contributed by atoms with van der Waals surface area (Å²) in [4.78, 5) is 22.1. The molecular weight excluding hydrogens is 290 g/mol. The number of esters is 1. The Bertz CT molecular complexity index is 712. The van der Waals surface area contributed by atoms with Crippen LogP contribution in [0.1, 0.15) is 0 Å². The number of carbonyl (C=O) groups excluding carboxylic acids is 1. The molecule has 112 valence electrons. The van der Waals surface area contributed by atoms with Gasteiger partial charge in [0, 0.05) is 12.1 Å². The second-order valence-corrected chi connectivity index (χ2v) is 4.54. The number of nitrogens with zero attached hydrogens (tertiary/aromatic N) is 1. The molecule has 0 aromatic heterocycles. The van der Waals surface area contributed by atoms with Crippen LogP contribution in [0.3, 0.4) is 0 Å². The Kier molecular flexibility index (Phi) is 3.61. The molecule has 0 N–H and O–H groups in total. The second-order valence-electron chi connectivity index (χ2n) is 4.54. The number of fused-ring (bicyclic) bond motifs is 1. The van der Waals surface area contributed by atoms with Gasteiger partial charge in [-0.25, -0.2) is 4.79 Å². The van der Waals surface area contributed by atoms with Crippen LogP contribution in [0, 0.1) is 10.1 Å². The van der Waals surface area contributed by atoms with Crippen molar-refractivity contribution >= 4 is 11.7 Å². The van der Waals surface area contributed by atoms with E-state index in [1.165, 1.54) is 24.3 Å². The zero-order valence-electron chi connectivity index (χ0n) is 11.3. The highest BCUT2D eigenvalue weighted by molar-refractivity contribution is 5.78. The summed E-state index contributed by atoms with van der Waals surface area (Å²) >= 11 is 0. The monoisotopic (exact) mass is 301 g/mol. The van der Waals surface area contributed by atoms with Gasteiger partial charge in [0.05, 0.1) is 4.92 Å². The highest BCUT2D eigenvalue weighted by Crippen LogP contribution is 2.31. The van der Waals surface area contributed by atoms with Gasteiger partial charge in [0.2, 0.25) is 6.10 Å². The highest BCUT2D eigenvalue weighted by Gasteiger charge is 2.29. The fourth-order valence-corrected chi connectivity index (χ4v) is 1.95. The number of benzene rings is 2. The zero-order valence-corrected chi connectivity index (χ0v) is 11.3. The van der Waals surface area contributed by atoms with Crippen LogP contribution in [0.5, 0.6) is 17.2 Å². The molecule has 0 radical (unpaired) electrons. The molecule has 0 fully saturated rings. The Hall–Kier alpha value is -3.09. The van der Waals surface area contributed by atoms with Crippen LogP contribution in [0.15, 0.2) is 48.5 Å². The predicted octanol–water partition coefficient (Wildman–Crippen LogP) is 2.34. The van der Waals surface area contributed by atoms with E-state index in [2.05, 4.69) is 0 Å². The van der Waals surface area contributed by atoms with Crippen molar-refractivity contribution in [1.29, 1.82) is 0 Å². The molecule has 7 heteroatoms. The fourth-order valence-electron chi connectivity index (χ4n) is 1.95. The molecule has 0 amide bonds. The van der Waals surface area contributed by atoms with Crippen LogP contribution in [0.2, 0.25) is 0 Å². The Morgan fingerprint density at radius 3 is 2.50 bits per heavy atom. The van der Waals surface area contributed by atoms with E-state index in [0.29, 0.717) is 11.5 Å². The number of hydrogen-bond donors (Lipinski definition) is 0. The normalized spacial score (nSPS) is 15.9. The van der Waals surface area contributed by atoms with E-state index in [-0.39, 0.29) is 18.0 Å². The summed E-state index contributed by atoms with van der Waals surface area (Å²) in [7, 11) is 0. The van der Waals surface area contributed by atoms with Gasteiger partial charge in [0.1, 0.15) is 12.4 Å². The molecule has 7 nitrogen and oxygen atoms in total. The van der Waals surface area contributed by atoms with Crippen molar-refractivity contribution in [1.82, 2.24) is 0 Å². The SMILES string of the molecule is O=C(Oc1ccc([N+](=O)[O-])cc1)[C@H]1COc2ccccc2O1.